The Labute approximate surface area is 192 Å². The van der Waals surface area contributed by atoms with Crippen LogP contribution in [0.3, 0.4) is 0 Å². The number of rotatable bonds is 5. The molecule has 1 saturated carbocycles. The normalized spacial score (nSPS) is 27.3. The number of halogens is 1. The van der Waals surface area contributed by atoms with E-state index in [9.17, 15) is 0 Å². The highest BCUT2D eigenvalue weighted by Gasteiger charge is 2.25. The summed E-state index contributed by atoms with van der Waals surface area (Å²) in [5.41, 5.74) is 1.23. The summed E-state index contributed by atoms with van der Waals surface area (Å²) in [7, 11) is 1.89. The van der Waals surface area contributed by atoms with Crippen molar-refractivity contribution in [3.05, 3.63) is 16.1 Å². The van der Waals surface area contributed by atoms with E-state index in [1.54, 1.807) is 11.3 Å². The highest BCUT2D eigenvalue weighted by atomic mass is 127. The first-order valence-electron chi connectivity index (χ1n) is 10.6. The predicted octanol–water partition coefficient (Wildman–Crippen LogP) is 4.27. The molecular formula is C21H38IN5S. The van der Waals surface area contributed by atoms with Gasteiger partial charge in [-0.3, -0.25) is 9.89 Å². The third-order valence-electron chi connectivity index (χ3n) is 6.06. The molecule has 0 spiro atoms. The lowest BCUT2D eigenvalue weighted by atomic mass is 9.80. The van der Waals surface area contributed by atoms with Gasteiger partial charge in [0.25, 0.3) is 0 Å². The van der Waals surface area contributed by atoms with E-state index in [-0.39, 0.29) is 24.0 Å². The van der Waals surface area contributed by atoms with Crippen molar-refractivity contribution in [3.8, 4) is 0 Å². The summed E-state index contributed by atoms with van der Waals surface area (Å²) >= 11 is 1.75. The number of nitrogens with one attached hydrogen (secondary N) is 2. The van der Waals surface area contributed by atoms with Crippen molar-refractivity contribution in [2.45, 2.75) is 65.5 Å². The van der Waals surface area contributed by atoms with Crippen molar-refractivity contribution in [2.75, 3.05) is 26.7 Å². The Morgan fingerprint density at radius 2 is 1.89 bits per heavy atom. The van der Waals surface area contributed by atoms with Crippen molar-refractivity contribution in [3.63, 3.8) is 0 Å². The Morgan fingerprint density at radius 3 is 2.46 bits per heavy atom. The van der Waals surface area contributed by atoms with E-state index in [0.29, 0.717) is 6.04 Å². The van der Waals surface area contributed by atoms with Crippen LogP contribution in [0.15, 0.2) is 10.4 Å². The number of thiazole rings is 1. The first kappa shape index (κ1) is 23.9. The first-order chi connectivity index (χ1) is 13.0. The van der Waals surface area contributed by atoms with Crippen LogP contribution in [0.4, 0.5) is 0 Å². The van der Waals surface area contributed by atoms with Gasteiger partial charge in [-0.25, -0.2) is 4.98 Å². The van der Waals surface area contributed by atoms with E-state index in [1.807, 2.05) is 7.05 Å². The lowest BCUT2D eigenvalue weighted by Gasteiger charge is -2.34. The van der Waals surface area contributed by atoms with Gasteiger partial charge in [-0.2, -0.15) is 0 Å². The SMILES string of the molecule is CN=C(NCC1CCN(Cc2csc(C)n2)CC1)NC1CC(C)CC(C)C1.I. The topological polar surface area (TPSA) is 52.6 Å². The molecule has 0 aromatic carbocycles. The number of piperidine rings is 1. The number of hydrogen-bond acceptors (Lipinski definition) is 4. The van der Waals surface area contributed by atoms with Crippen LogP contribution in [0.2, 0.25) is 0 Å². The van der Waals surface area contributed by atoms with Crippen LogP contribution in [-0.4, -0.2) is 48.6 Å². The van der Waals surface area contributed by atoms with Crippen LogP contribution in [-0.2, 0) is 6.54 Å². The molecule has 1 aromatic rings. The molecule has 2 atom stereocenters. The Bertz CT molecular complexity index is 602. The fourth-order valence-corrected chi connectivity index (χ4v) is 5.36. The fraction of sp³-hybridized carbons (Fsp3) is 0.810. The summed E-state index contributed by atoms with van der Waals surface area (Å²) in [6.45, 7) is 11.2. The second-order valence-corrected chi connectivity index (χ2v) is 9.85. The van der Waals surface area contributed by atoms with Crippen LogP contribution in [0.5, 0.6) is 0 Å². The van der Waals surface area contributed by atoms with Gasteiger partial charge in [0.05, 0.1) is 10.7 Å². The zero-order valence-electron chi connectivity index (χ0n) is 17.9. The van der Waals surface area contributed by atoms with Crippen molar-refractivity contribution in [1.29, 1.82) is 0 Å². The lowest BCUT2D eigenvalue weighted by molar-refractivity contribution is 0.176. The minimum atomic E-state index is 0. The van der Waals surface area contributed by atoms with Crippen molar-refractivity contribution >= 4 is 41.3 Å². The van der Waals surface area contributed by atoms with Crippen molar-refractivity contribution < 1.29 is 0 Å². The van der Waals surface area contributed by atoms with Gasteiger partial charge >= 0.3 is 0 Å². The van der Waals surface area contributed by atoms with Gasteiger partial charge < -0.3 is 10.6 Å². The van der Waals surface area contributed by atoms with Crippen LogP contribution in [0.1, 0.15) is 56.7 Å². The van der Waals surface area contributed by atoms with Gasteiger partial charge in [0, 0.05) is 31.6 Å². The molecule has 7 heteroatoms. The zero-order chi connectivity index (χ0) is 19.2. The van der Waals surface area contributed by atoms with Crippen LogP contribution in [0, 0.1) is 24.7 Å². The maximum absolute atomic E-state index is 4.60. The Balaban J connectivity index is 0.00000280. The minimum Gasteiger partial charge on any atom is -0.356 e. The molecule has 2 unspecified atom stereocenters. The minimum absolute atomic E-state index is 0. The summed E-state index contributed by atoms with van der Waals surface area (Å²) in [6.07, 6.45) is 6.40. The number of guanidine groups is 1. The average Bonchev–Trinajstić information content (AvgIpc) is 3.04. The van der Waals surface area contributed by atoms with E-state index >= 15 is 0 Å². The largest absolute Gasteiger partial charge is 0.356 e. The molecule has 2 heterocycles. The second kappa shape index (κ2) is 11.7. The molecule has 160 valence electrons. The number of aromatic nitrogens is 1. The van der Waals surface area contributed by atoms with Crippen LogP contribution >= 0.6 is 35.3 Å². The van der Waals surface area contributed by atoms with Gasteiger partial charge in [0.1, 0.15) is 0 Å². The van der Waals surface area contributed by atoms with Gasteiger partial charge in [-0.1, -0.05) is 13.8 Å². The lowest BCUT2D eigenvalue weighted by Crippen LogP contribution is -2.48. The number of hydrogen-bond donors (Lipinski definition) is 2. The molecule has 0 bridgehead atoms. The molecule has 3 rings (SSSR count). The van der Waals surface area contributed by atoms with E-state index in [2.05, 4.69) is 51.7 Å². The molecule has 2 aliphatic rings. The molecule has 5 nitrogen and oxygen atoms in total. The standard InChI is InChI=1S/C21H37N5S.HI/c1-15-9-16(2)11-19(10-15)25-21(22-4)23-12-18-5-7-26(8-6-18)13-20-14-27-17(3)24-20;/h14-16,18-19H,5-13H2,1-4H3,(H2,22,23,25);1H. The summed E-state index contributed by atoms with van der Waals surface area (Å²) in [6, 6.07) is 0.568. The molecule has 1 aliphatic heterocycles. The molecule has 0 radical (unpaired) electrons. The van der Waals surface area contributed by atoms with E-state index in [4.69, 9.17) is 0 Å². The fourth-order valence-electron chi connectivity index (χ4n) is 4.75. The summed E-state index contributed by atoms with van der Waals surface area (Å²) < 4.78 is 0. The highest BCUT2D eigenvalue weighted by Crippen LogP contribution is 2.28. The predicted molar refractivity (Wildman–Crippen MR) is 131 cm³/mol. The number of aryl methyl sites for hydroxylation is 1. The van der Waals surface area contributed by atoms with Gasteiger partial charge in [-0.05, 0) is 69.9 Å². The molecule has 2 fully saturated rings. The monoisotopic (exact) mass is 519 g/mol. The molecular weight excluding hydrogens is 481 g/mol. The second-order valence-electron chi connectivity index (χ2n) is 8.79. The molecule has 1 aromatic heterocycles. The highest BCUT2D eigenvalue weighted by molar-refractivity contribution is 14.0. The Kier molecular flexibility index (Phi) is 9.97. The average molecular weight is 520 g/mol. The molecule has 1 saturated heterocycles. The summed E-state index contributed by atoms with van der Waals surface area (Å²) in [4.78, 5) is 11.6. The van der Waals surface area contributed by atoms with Gasteiger partial charge in [0.15, 0.2) is 5.96 Å². The smallest absolute Gasteiger partial charge is 0.191 e. The van der Waals surface area contributed by atoms with E-state index in [0.717, 1.165) is 36.8 Å². The van der Waals surface area contributed by atoms with Crippen molar-refractivity contribution in [1.82, 2.24) is 20.5 Å². The molecule has 0 amide bonds. The maximum Gasteiger partial charge on any atom is 0.191 e. The van der Waals surface area contributed by atoms with Gasteiger partial charge in [-0.15, -0.1) is 35.3 Å². The Morgan fingerprint density at radius 1 is 1.21 bits per heavy atom. The number of aliphatic imine (C=N–C) groups is 1. The maximum atomic E-state index is 4.60. The van der Waals surface area contributed by atoms with Gasteiger partial charge in [0.2, 0.25) is 0 Å². The molecule has 28 heavy (non-hydrogen) atoms. The van der Waals surface area contributed by atoms with Crippen LogP contribution < -0.4 is 10.6 Å². The van der Waals surface area contributed by atoms with E-state index < -0.39 is 0 Å². The zero-order valence-corrected chi connectivity index (χ0v) is 21.1. The molecule has 2 N–H and O–H groups in total. The quantitative estimate of drug-likeness (QED) is 0.347. The molecule has 1 aliphatic carbocycles. The number of likely N-dealkylation sites (tertiary alicyclic amines) is 1. The third kappa shape index (κ3) is 7.44. The summed E-state index contributed by atoms with van der Waals surface area (Å²) in [5, 5.41) is 10.6. The number of nitrogens with zero attached hydrogens (tertiary/aromatic N) is 3. The van der Waals surface area contributed by atoms with Crippen molar-refractivity contribution in [2.24, 2.45) is 22.7 Å². The van der Waals surface area contributed by atoms with E-state index in [1.165, 1.54) is 55.9 Å². The third-order valence-corrected chi connectivity index (χ3v) is 6.88. The Hall–Kier alpha value is -0.410. The first-order valence-corrected chi connectivity index (χ1v) is 11.5. The summed E-state index contributed by atoms with van der Waals surface area (Å²) in [5.74, 6) is 3.35. The van der Waals surface area contributed by atoms with Crippen LogP contribution in [0.25, 0.3) is 0 Å².